The Morgan fingerprint density at radius 1 is 1.18 bits per heavy atom. The molecule has 2 aromatic carbocycles. The van der Waals surface area contributed by atoms with E-state index in [9.17, 15) is 25.1 Å². The number of likely N-dealkylation sites (tertiary alicyclic amines) is 1. The van der Waals surface area contributed by atoms with Crippen LogP contribution in [0.25, 0.3) is 0 Å². The van der Waals surface area contributed by atoms with E-state index < -0.39 is 22.0 Å². The molecule has 38 heavy (non-hydrogen) atoms. The number of piperidine rings is 1. The van der Waals surface area contributed by atoms with Gasteiger partial charge in [0.25, 0.3) is 5.69 Å². The quantitative estimate of drug-likeness (QED) is 0.445. The average Bonchev–Trinajstić information content (AvgIpc) is 3.64. The highest BCUT2D eigenvalue weighted by atomic mass is 16.6. The number of amides is 1. The molecular weight excluding hydrogens is 486 g/mol. The van der Waals surface area contributed by atoms with Crippen molar-refractivity contribution in [3.63, 3.8) is 0 Å². The number of phenolic OH excluding ortho intramolecular Hbond substituents is 1. The van der Waals surface area contributed by atoms with Crippen LogP contribution in [-0.2, 0) is 23.1 Å². The molecule has 1 spiro atoms. The van der Waals surface area contributed by atoms with Crippen molar-refractivity contribution in [1.29, 1.82) is 0 Å². The third-order valence-corrected chi connectivity index (χ3v) is 10.1. The highest BCUT2D eigenvalue weighted by Gasteiger charge is 2.73. The summed E-state index contributed by atoms with van der Waals surface area (Å²) in [6.45, 7) is 1.89. The summed E-state index contributed by atoms with van der Waals surface area (Å²) in [7, 11) is 1.79. The van der Waals surface area contributed by atoms with Crippen molar-refractivity contribution < 1.29 is 24.7 Å². The van der Waals surface area contributed by atoms with Crippen LogP contribution in [0.1, 0.15) is 48.8 Å². The molecule has 7 rings (SSSR count). The van der Waals surface area contributed by atoms with Gasteiger partial charge in [0, 0.05) is 37.3 Å². The summed E-state index contributed by atoms with van der Waals surface area (Å²) in [5.41, 5.74) is 1.12. The van der Waals surface area contributed by atoms with Gasteiger partial charge >= 0.3 is 0 Å². The molecule has 5 atom stereocenters. The predicted molar refractivity (Wildman–Crippen MR) is 138 cm³/mol. The smallest absolute Gasteiger partial charge is 0.269 e. The molecular formula is C29H33N3O6. The Balaban J connectivity index is 1.22. The summed E-state index contributed by atoms with van der Waals surface area (Å²) in [5.74, 6) is 1.18. The molecule has 2 heterocycles. The summed E-state index contributed by atoms with van der Waals surface area (Å²) in [6, 6.07) is 9.49. The first kappa shape index (κ1) is 23.9. The van der Waals surface area contributed by atoms with Crippen molar-refractivity contribution in [2.45, 2.75) is 74.1 Å². The van der Waals surface area contributed by atoms with Gasteiger partial charge in [0.2, 0.25) is 5.91 Å². The summed E-state index contributed by atoms with van der Waals surface area (Å²) in [6.07, 6.45) is 4.81. The van der Waals surface area contributed by atoms with Crippen LogP contribution in [0, 0.1) is 16.0 Å². The minimum Gasteiger partial charge on any atom is -0.504 e. The maximum Gasteiger partial charge on any atom is 0.269 e. The highest BCUT2D eigenvalue weighted by Crippen LogP contribution is 2.66. The van der Waals surface area contributed by atoms with Gasteiger partial charge in [-0.1, -0.05) is 18.2 Å². The van der Waals surface area contributed by atoms with Crippen LogP contribution >= 0.6 is 0 Å². The van der Waals surface area contributed by atoms with Gasteiger partial charge in [0.15, 0.2) is 11.5 Å². The first-order valence-corrected chi connectivity index (χ1v) is 13.7. The third-order valence-electron chi connectivity index (χ3n) is 10.1. The summed E-state index contributed by atoms with van der Waals surface area (Å²) in [5, 5.41) is 34.4. The average molecular weight is 520 g/mol. The second kappa shape index (κ2) is 8.16. The number of nitro groups is 1. The number of benzene rings is 2. The Labute approximate surface area is 221 Å². The number of nitro benzene ring substituents is 1. The maximum atomic E-state index is 13.5. The van der Waals surface area contributed by atoms with E-state index in [-0.39, 0.29) is 35.8 Å². The Bertz CT molecular complexity index is 1330. The molecule has 2 N–H and O–H groups in total. The van der Waals surface area contributed by atoms with E-state index in [2.05, 4.69) is 4.90 Å². The lowest BCUT2D eigenvalue weighted by molar-refractivity contribution is -0.384. The molecule has 2 bridgehead atoms. The lowest BCUT2D eigenvalue weighted by Gasteiger charge is -2.64. The molecule has 2 unspecified atom stereocenters. The largest absolute Gasteiger partial charge is 0.504 e. The number of hydrogen-bond acceptors (Lipinski definition) is 7. The van der Waals surface area contributed by atoms with Crippen LogP contribution in [0.2, 0.25) is 0 Å². The molecule has 2 saturated carbocycles. The van der Waals surface area contributed by atoms with E-state index >= 15 is 0 Å². The molecule has 9 heteroatoms. The Morgan fingerprint density at radius 3 is 2.66 bits per heavy atom. The first-order valence-electron chi connectivity index (χ1n) is 13.7. The second-order valence-electron chi connectivity index (χ2n) is 12.0. The minimum atomic E-state index is -0.990. The van der Waals surface area contributed by atoms with Crippen LogP contribution in [-0.4, -0.2) is 74.8 Å². The van der Waals surface area contributed by atoms with Crippen molar-refractivity contribution in [2.24, 2.45) is 5.92 Å². The number of aromatic hydroxyl groups is 1. The van der Waals surface area contributed by atoms with E-state index in [1.807, 2.05) is 6.07 Å². The molecule has 9 nitrogen and oxygen atoms in total. The van der Waals surface area contributed by atoms with Crippen LogP contribution in [0.3, 0.4) is 0 Å². The fourth-order valence-corrected chi connectivity index (χ4v) is 8.07. The Hall–Kier alpha value is -3.17. The minimum absolute atomic E-state index is 0.00647. The molecule has 1 saturated heterocycles. The standard InChI is InChI=1S/C29H33N3O6/c1-30(24(34)14-17-4-7-20(8-5-17)32(36)37)21-10-11-29(35)23-15-19-6-9-22(33)26-25(19)28(29,27(21)38-26)12-13-31(23)16-18-2-3-18/h4-9,18,21,23,27,33,35H,2-3,10-16H2,1H3/t21?,23-,27?,28+,29-/m1/s1. The van der Waals surface area contributed by atoms with Gasteiger partial charge in [-0.2, -0.15) is 0 Å². The van der Waals surface area contributed by atoms with Crippen LogP contribution in [0.4, 0.5) is 5.69 Å². The summed E-state index contributed by atoms with van der Waals surface area (Å²) < 4.78 is 6.58. The van der Waals surface area contributed by atoms with Gasteiger partial charge in [-0.05, 0) is 68.2 Å². The number of ether oxygens (including phenoxy) is 1. The zero-order valence-electron chi connectivity index (χ0n) is 21.5. The SMILES string of the molecule is CN(C(=O)Cc1ccc([N+](=O)[O-])cc1)C1CC[C@@]2(O)[C@H]3Cc4ccc(O)c5c4[C@@]2(CCN3CC2CC2)C1O5. The van der Waals surface area contributed by atoms with Crippen molar-refractivity contribution in [3.05, 3.63) is 63.2 Å². The number of carbonyl (C=O) groups excluding carboxylic acids is 1. The Kier molecular flexibility index (Phi) is 5.14. The van der Waals surface area contributed by atoms with E-state index in [0.717, 1.165) is 43.0 Å². The monoisotopic (exact) mass is 519 g/mol. The number of hydrogen-bond donors (Lipinski definition) is 2. The van der Waals surface area contributed by atoms with E-state index in [1.54, 1.807) is 30.1 Å². The topological polar surface area (TPSA) is 116 Å². The van der Waals surface area contributed by atoms with Gasteiger partial charge < -0.3 is 19.8 Å². The number of aliphatic hydroxyl groups is 1. The fourth-order valence-electron chi connectivity index (χ4n) is 8.07. The van der Waals surface area contributed by atoms with Gasteiger partial charge in [-0.15, -0.1) is 0 Å². The molecule has 0 radical (unpaired) electrons. The zero-order valence-corrected chi connectivity index (χ0v) is 21.5. The number of rotatable bonds is 6. The first-order chi connectivity index (χ1) is 18.2. The number of likely N-dealkylation sites (N-methyl/N-ethyl adjacent to an activating group) is 1. The molecule has 3 fully saturated rings. The van der Waals surface area contributed by atoms with E-state index in [0.29, 0.717) is 24.2 Å². The second-order valence-corrected chi connectivity index (χ2v) is 12.0. The number of carbonyl (C=O) groups is 1. The predicted octanol–water partition coefficient (Wildman–Crippen LogP) is 2.93. The normalized spacial score (nSPS) is 32.8. The van der Waals surface area contributed by atoms with Crippen LogP contribution < -0.4 is 4.74 Å². The van der Waals surface area contributed by atoms with Gasteiger partial charge in [-0.3, -0.25) is 19.8 Å². The number of nitrogens with zero attached hydrogens (tertiary/aromatic N) is 3. The van der Waals surface area contributed by atoms with Crippen molar-refractivity contribution in [3.8, 4) is 11.5 Å². The molecule has 3 aliphatic carbocycles. The molecule has 200 valence electrons. The van der Waals surface area contributed by atoms with Gasteiger partial charge in [-0.25, -0.2) is 0 Å². The lowest BCUT2D eigenvalue weighted by atomic mass is 9.48. The number of non-ortho nitro benzene ring substituents is 1. The molecule has 5 aliphatic rings. The van der Waals surface area contributed by atoms with E-state index in [1.165, 1.54) is 25.0 Å². The molecule has 2 aliphatic heterocycles. The van der Waals surface area contributed by atoms with Gasteiger partial charge in [0.05, 0.1) is 28.4 Å². The van der Waals surface area contributed by atoms with E-state index in [4.69, 9.17) is 4.74 Å². The summed E-state index contributed by atoms with van der Waals surface area (Å²) in [4.78, 5) is 28.2. The lowest BCUT2D eigenvalue weighted by Crippen LogP contribution is -2.78. The van der Waals surface area contributed by atoms with Crippen molar-refractivity contribution >= 4 is 11.6 Å². The number of phenols is 1. The zero-order chi connectivity index (χ0) is 26.4. The van der Waals surface area contributed by atoms with Crippen molar-refractivity contribution in [1.82, 2.24) is 9.80 Å². The molecule has 2 aromatic rings. The molecule has 1 amide bonds. The molecule has 0 aromatic heterocycles. The third kappa shape index (κ3) is 3.21. The van der Waals surface area contributed by atoms with Crippen LogP contribution in [0.15, 0.2) is 36.4 Å². The fraction of sp³-hybridized carbons (Fsp3) is 0.552. The van der Waals surface area contributed by atoms with Gasteiger partial charge in [0.1, 0.15) is 6.10 Å². The maximum absolute atomic E-state index is 13.5. The highest BCUT2D eigenvalue weighted by molar-refractivity contribution is 5.79. The van der Waals surface area contributed by atoms with Crippen molar-refractivity contribution in [2.75, 3.05) is 20.1 Å². The summed E-state index contributed by atoms with van der Waals surface area (Å²) >= 11 is 0. The Morgan fingerprint density at radius 2 is 1.95 bits per heavy atom. The van der Waals surface area contributed by atoms with Crippen LogP contribution in [0.5, 0.6) is 11.5 Å².